The van der Waals surface area contributed by atoms with Gasteiger partial charge in [0, 0.05) is 48.6 Å². The van der Waals surface area contributed by atoms with E-state index in [2.05, 4.69) is 9.97 Å². The van der Waals surface area contributed by atoms with Gasteiger partial charge in [0.05, 0.1) is 26.6 Å². The van der Waals surface area contributed by atoms with Crippen molar-refractivity contribution in [3.63, 3.8) is 0 Å². The van der Waals surface area contributed by atoms with Crippen molar-refractivity contribution >= 4 is 53.0 Å². The predicted octanol–water partition coefficient (Wildman–Crippen LogP) is 5.45. The Hall–Kier alpha value is -3.88. The fraction of sp³-hybridized carbons (Fsp3) is 0.433. The molecule has 0 amide bonds. The Bertz CT molecular complexity index is 2110. The summed E-state index contributed by atoms with van der Waals surface area (Å²) in [5.41, 5.74) is 1.56. The molecule has 2 aromatic heterocycles. The van der Waals surface area contributed by atoms with E-state index in [9.17, 15) is 35.6 Å². The molecule has 2 unspecified atom stereocenters. The van der Waals surface area contributed by atoms with Crippen LogP contribution in [0.2, 0.25) is 0 Å². The minimum Gasteiger partial charge on any atom is -0.461 e. The molecule has 0 aliphatic carbocycles. The summed E-state index contributed by atoms with van der Waals surface area (Å²) in [6, 6.07) is 3.89. The third kappa shape index (κ3) is 5.12. The zero-order valence-electron chi connectivity index (χ0n) is 24.7. The number of ether oxygens (including phenoxy) is 1. The minimum absolute atomic E-state index is 0.0578. The Labute approximate surface area is 268 Å². The molecule has 3 fully saturated rings. The van der Waals surface area contributed by atoms with Crippen molar-refractivity contribution < 1.29 is 39.5 Å². The van der Waals surface area contributed by atoms with Crippen LogP contribution in [0.15, 0.2) is 18.2 Å². The maximum Gasteiger partial charge on any atom is 0.417 e. The Morgan fingerprint density at radius 1 is 1.21 bits per heavy atom. The number of anilines is 2. The summed E-state index contributed by atoms with van der Waals surface area (Å²) >= 11 is 0.653. The number of nitrogen functional groups attached to an aromatic ring is 1. The number of halogens is 6. The van der Waals surface area contributed by atoms with E-state index in [1.165, 1.54) is 4.90 Å². The van der Waals surface area contributed by atoms with Gasteiger partial charge in [-0.1, -0.05) is 6.07 Å². The molecule has 2 atom stereocenters. The molecule has 3 aliphatic rings. The lowest BCUT2D eigenvalue weighted by atomic mass is 9.92. The second-order valence-electron chi connectivity index (χ2n) is 12.3. The molecule has 4 aromatic rings. The molecule has 9 nitrogen and oxygen atoms in total. The molecule has 7 rings (SSSR count). The van der Waals surface area contributed by atoms with E-state index in [-0.39, 0.29) is 70.5 Å². The van der Waals surface area contributed by atoms with Gasteiger partial charge >= 0.3 is 12.2 Å². The first-order valence-corrected chi connectivity index (χ1v) is 17.4. The van der Waals surface area contributed by atoms with Crippen molar-refractivity contribution in [2.45, 2.75) is 42.4 Å². The third-order valence-corrected chi connectivity index (χ3v) is 11.9. The normalized spacial score (nSPS) is 22.2. The fourth-order valence-corrected chi connectivity index (χ4v) is 8.87. The number of hydrogen-bond donors (Lipinski definition) is 1. The van der Waals surface area contributed by atoms with E-state index < -0.39 is 66.8 Å². The lowest BCUT2D eigenvalue weighted by molar-refractivity contribution is -0.137. The van der Waals surface area contributed by atoms with Crippen molar-refractivity contribution in [1.82, 2.24) is 14.9 Å². The summed E-state index contributed by atoms with van der Waals surface area (Å²) in [5.74, 6) is -2.45. The molecule has 17 heteroatoms. The number of fused-ring (bicyclic) bond motifs is 3. The van der Waals surface area contributed by atoms with Crippen molar-refractivity contribution in [2.75, 3.05) is 49.7 Å². The maximum atomic E-state index is 16.8. The molecular formula is C30H26F6N6O3S2. The molecule has 248 valence electrons. The Kier molecular flexibility index (Phi) is 7.30. The first-order valence-electron chi connectivity index (χ1n) is 14.6. The van der Waals surface area contributed by atoms with Gasteiger partial charge in [0.2, 0.25) is 0 Å². The number of benzene rings is 2. The average Bonchev–Trinajstić information content (AvgIpc) is 3.60. The highest BCUT2D eigenvalue weighted by atomic mass is 32.2. The van der Waals surface area contributed by atoms with Crippen molar-refractivity contribution in [3.05, 3.63) is 41.0 Å². The number of hydrogen-bond acceptors (Lipinski definition) is 10. The smallest absolute Gasteiger partial charge is 0.417 e. The Morgan fingerprint density at radius 3 is 2.64 bits per heavy atom. The quantitative estimate of drug-likeness (QED) is 0.262. The van der Waals surface area contributed by atoms with E-state index >= 15 is 4.39 Å². The Balaban J connectivity index is 1.44. The third-order valence-electron chi connectivity index (χ3n) is 9.38. The van der Waals surface area contributed by atoms with Crippen LogP contribution in [0.25, 0.3) is 32.1 Å². The number of alkyl halides is 4. The highest BCUT2D eigenvalue weighted by molar-refractivity contribution is 7.91. The van der Waals surface area contributed by atoms with Crippen molar-refractivity contribution in [3.8, 4) is 23.2 Å². The lowest BCUT2D eigenvalue weighted by Gasteiger charge is -2.39. The summed E-state index contributed by atoms with van der Waals surface area (Å²) < 4.78 is 120. The summed E-state index contributed by atoms with van der Waals surface area (Å²) in [6.07, 6.45) is -3.53. The number of nitriles is 1. The van der Waals surface area contributed by atoms with Crippen molar-refractivity contribution in [2.24, 2.45) is 0 Å². The standard InChI is InChI=1S/C30H26F6N6O3S2/c1-47(43,44)15-11-41(12-15)27-17-7-19(30(34,35)36)22(16-3-4-20(32)25-21(16)18(9-37)26(38)46-25)23(33)24(17)39-28(40-27)45-13-29-5-2-6-42(29)10-14(31)8-29/h3-4,7,14-15H,2,5-6,8,10-13,38H2,1H3. The van der Waals surface area contributed by atoms with E-state index in [0.717, 1.165) is 24.8 Å². The number of nitrogens with two attached hydrogens (primary N) is 1. The molecule has 3 aliphatic heterocycles. The van der Waals surface area contributed by atoms with Crippen molar-refractivity contribution in [1.29, 1.82) is 5.26 Å². The number of sulfone groups is 1. The second-order valence-corrected chi connectivity index (χ2v) is 15.7. The van der Waals surface area contributed by atoms with Crippen LogP contribution >= 0.6 is 11.3 Å². The summed E-state index contributed by atoms with van der Waals surface area (Å²) in [5, 5.41) is 8.14. The molecule has 2 aromatic carbocycles. The van der Waals surface area contributed by atoms with E-state index in [1.54, 1.807) is 6.07 Å². The van der Waals surface area contributed by atoms with Gasteiger partial charge in [-0.05, 0) is 37.1 Å². The van der Waals surface area contributed by atoms with Gasteiger partial charge in [-0.2, -0.15) is 28.4 Å². The number of thiophene rings is 1. The van der Waals surface area contributed by atoms with Crippen LogP contribution in [0.3, 0.4) is 0 Å². The number of aromatic nitrogens is 2. The van der Waals surface area contributed by atoms with E-state index in [4.69, 9.17) is 10.5 Å². The minimum atomic E-state index is -5.15. The van der Waals surface area contributed by atoms with E-state index in [1.807, 2.05) is 4.90 Å². The molecular weight excluding hydrogens is 670 g/mol. The van der Waals surface area contributed by atoms with Gasteiger partial charge in [0.15, 0.2) is 15.7 Å². The SMILES string of the molecule is CS(=O)(=O)C1CN(c2nc(OCC34CCCN3CC(F)C4)nc3c(F)c(-c4ccc(F)c5sc(N)c(C#N)c45)c(C(F)(F)F)cc23)C1. The molecule has 0 saturated carbocycles. The molecule has 47 heavy (non-hydrogen) atoms. The fourth-order valence-electron chi connectivity index (χ4n) is 7.02. The second kappa shape index (κ2) is 10.8. The summed E-state index contributed by atoms with van der Waals surface area (Å²) in [7, 11) is -3.50. The topological polar surface area (TPSA) is 125 Å². The zero-order valence-corrected chi connectivity index (χ0v) is 26.3. The summed E-state index contributed by atoms with van der Waals surface area (Å²) in [4.78, 5) is 11.9. The highest BCUT2D eigenvalue weighted by Gasteiger charge is 2.49. The van der Waals surface area contributed by atoms with Crippen LogP contribution in [0.5, 0.6) is 6.01 Å². The molecule has 0 spiro atoms. The summed E-state index contributed by atoms with van der Waals surface area (Å²) in [6.45, 7) is 0.605. The average molecular weight is 697 g/mol. The van der Waals surface area contributed by atoms with Gasteiger partial charge < -0.3 is 15.4 Å². The van der Waals surface area contributed by atoms with Crippen LogP contribution < -0.4 is 15.4 Å². The van der Waals surface area contributed by atoms with Crippen LogP contribution in [0, 0.1) is 23.0 Å². The molecule has 0 radical (unpaired) electrons. The van der Waals surface area contributed by atoms with Crippen LogP contribution in [-0.4, -0.2) is 79.3 Å². The van der Waals surface area contributed by atoms with Crippen LogP contribution in [0.1, 0.15) is 30.4 Å². The van der Waals surface area contributed by atoms with Crippen LogP contribution in [0.4, 0.5) is 37.2 Å². The monoisotopic (exact) mass is 696 g/mol. The first kappa shape index (κ1) is 31.7. The predicted molar refractivity (Wildman–Crippen MR) is 164 cm³/mol. The van der Waals surface area contributed by atoms with Gasteiger partial charge in [0.25, 0.3) is 0 Å². The number of rotatable bonds is 6. The maximum absolute atomic E-state index is 16.8. The Morgan fingerprint density at radius 2 is 1.96 bits per heavy atom. The molecule has 3 saturated heterocycles. The highest BCUT2D eigenvalue weighted by Crippen LogP contribution is 2.48. The van der Waals surface area contributed by atoms with Crippen LogP contribution in [-0.2, 0) is 16.0 Å². The zero-order chi connectivity index (χ0) is 33.6. The lowest BCUT2D eigenvalue weighted by Crippen LogP contribution is -2.55. The molecule has 5 heterocycles. The largest absolute Gasteiger partial charge is 0.461 e. The molecule has 0 bridgehead atoms. The van der Waals surface area contributed by atoms with Gasteiger partial charge in [-0.3, -0.25) is 4.90 Å². The van der Waals surface area contributed by atoms with Gasteiger partial charge in [-0.25, -0.2) is 21.6 Å². The van der Waals surface area contributed by atoms with Gasteiger partial charge in [0.1, 0.15) is 41.0 Å². The molecule has 2 N–H and O–H groups in total. The van der Waals surface area contributed by atoms with E-state index in [0.29, 0.717) is 30.4 Å². The number of nitrogens with zero attached hydrogens (tertiary/aromatic N) is 5. The first-order chi connectivity index (χ1) is 22.1. The van der Waals surface area contributed by atoms with Gasteiger partial charge in [-0.15, -0.1) is 11.3 Å².